The molecule has 0 unspecified atom stereocenters. The third-order valence-corrected chi connectivity index (χ3v) is 5.58. The van der Waals surface area contributed by atoms with E-state index < -0.39 is 0 Å². The topological polar surface area (TPSA) is 32.3 Å². The first kappa shape index (κ1) is 17.9. The second-order valence-corrected chi connectivity index (χ2v) is 8.34. The summed E-state index contributed by atoms with van der Waals surface area (Å²) >= 11 is 5.78. The minimum Gasteiger partial charge on any atom is -0.326 e. The van der Waals surface area contributed by atoms with Crippen molar-refractivity contribution in [3.8, 4) is 0 Å². The van der Waals surface area contributed by atoms with Crippen LogP contribution in [-0.4, -0.2) is 23.9 Å². The van der Waals surface area contributed by atoms with Crippen LogP contribution in [0.2, 0.25) is 0 Å². The Balaban J connectivity index is 1.49. The number of hydrogen-bond acceptors (Lipinski definition) is 2. The van der Waals surface area contributed by atoms with Crippen LogP contribution in [-0.2, 0) is 11.3 Å². The number of carbonyl (C=O) groups excluding carboxylic acids is 1. The fraction of sp³-hybridized carbons (Fsp3) is 0.316. The molecule has 0 aromatic heterocycles. The van der Waals surface area contributed by atoms with Gasteiger partial charge in [-0.3, -0.25) is 9.69 Å². The Labute approximate surface area is 165 Å². The molecule has 1 heterocycles. The molecule has 0 atom stereocenters. The predicted molar refractivity (Wildman–Crippen MR) is 110 cm³/mol. The molecule has 3 rings (SSSR count). The number of hydrogen-bond donors (Lipinski definition) is 1. The molecule has 126 valence electrons. The van der Waals surface area contributed by atoms with Crippen molar-refractivity contribution in [1.29, 1.82) is 0 Å². The van der Waals surface area contributed by atoms with Crippen LogP contribution in [0.5, 0.6) is 0 Å². The summed E-state index contributed by atoms with van der Waals surface area (Å²) in [6.45, 7) is 2.89. The van der Waals surface area contributed by atoms with E-state index in [0.717, 1.165) is 42.6 Å². The fourth-order valence-electron chi connectivity index (χ4n) is 3.02. The fourth-order valence-corrected chi connectivity index (χ4v) is 3.83. The van der Waals surface area contributed by atoms with Gasteiger partial charge < -0.3 is 5.32 Å². The molecule has 2 aromatic rings. The largest absolute Gasteiger partial charge is 0.326 e. The quantitative estimate of drug-likeness (QED) is 0.608. The van der Waals surface area contributed by atoms with E-state index in [9.17, 15) is 4.79 Å². The zero-order chi connectivity index (χ0) is 16.9. The van der Waals surface area contributed by atoms with Gasteiger partial charge in [0.1, 0.15) is 0 Å². The van der Waals surface area contributed by atoms with Gasteiger partial charge in [0.15, 0.2) is 0 Å². The average Bonchev–Trinajstić information content (AvgIpc) is 2.57. The van der Waals surface area contributed by atoms with E-state index >= 15 is 0 Å². The normalized spacial score (nSPS) is 16.1. The van der Waals surface area contributed by atoms with Crippen molar-refractivity contribution in [3.05, 3.63) is 62.1 Å². The maximum Gasteiger partial charge on any atom is 0.227 e. The second-order valence-electron chi connectivity index (χ2n) is 6.18. The number of rotatable bonds is 4. The molecule has 0 aliphatic carbocycles. The second kappa shape index (κ2) is 8.45. The van der Waals surface area contributed by atoms with E-state index in [2.05, 4.69) is 66.9 Å². The lowest BCUT2D eigenvalue weighted by molar-refractivity contribution is -0.121. The van der Waals surface area contributed by atoms with Crippen molar-refractivity contribution in [2.24, 2.45) is 5.92 Å². The Hall–Kier alpha value is -0.920. The van der Waals surface area contributed by atoms with Crippen LogP contribution in [0.1, 0.15) is 18.4 Å². The van der Waals surface area contributed by atoms with E-state index in [1.54, 1.807) is 0 Å². The first-order chi connectivity index (χ1) is 11.6. The van der Waals surface area contributed by atoms with Crippen molar-refractivity contribution in [3.63, 3.8) is 0 Å². The van der Waals surface area contributed by atoms with Gasteiger partial charge in [0.2, 0.25) is 5.91 Å². The molecular weight excluding hydrogens is 479 g/mol. The van der Waals surface area contributed by atoms with Gasteiger partial charge in [-0.2, -0.15) is 0 Å². The molecule has 1 aliphatic rings. The molecule has 24 heavy (non-hydrogen) atoms. The van der Waals surface area contributed by atoms with Gasteiger partial charge >= 0.3 is 0 Å². The third kappa shape index (κ3) is 5.04. The van der Waals surface area contributed by atoms with Gasteiger partial charge in [-0.05, 0) is 90.5 Å². The van der Waals surface area contributed by atoms with Crippen molar-refractivity contribution < 1.29 is 4.79 Å². The van der Waals surface area contributed by atoms with Gasteiger partial charge in [0.05, 0.1) is 0 Å². The van der Waals surface area contributed by atoms with Crippen molar-refractivity contribution in [2.45, 2.75) is 19.4 Å². The van der Waals surface area contributed by atoms with Gasteiger partial charge in [0.25, 0.3) is 0 Å². The summed E-state index contributed by atoms with van der Waals surface area (Å²) in [7, 11) is 0. The van der Waals surface area contributed by atoms with Crippen LogP contribution < -0.4 is 5.32 Å². The lowest BCUT2D eigenvalue weighted by Crippen LogP contribution is -2.37. The summed E-state index contributed by atoms with van der Waals surface area (Å²) in [5.41, 5.74) is 2.20. The van der Waals surface area contributed by atoms with Gasteiger partial charge in [-0.25, -0.2) is 0 Å². The SMILES string of the molecule is O=C(Nc1ccc(I)cc1)C1CCN(Cc2cccc(Br)c2)CC1. The number of carbonyl (C=O) groups is 1. The van der Waals surface area contributed by atoms with E-state index in [0.29, 0.717) is 0 Å². The minimum absolute atomic E-state index is 0.114. The summed E-state index contributed by atoms with van der Waals surface area (Å²) in [6.07, 6.45) is 1.84. The predicted octanol–water partition coefficient (Wildman–Crippen LogP) is 4.90. The monoisotopic (exact) mass is 498 g/mol. The Kier molecular flexibility index (Phi) is 6.30. The Morgan fingerprint density at radius 3 is 2.54 bits per heavy atom. The molecule has 1 N–H and O–H groups in total. The molecule has 0 spiro atoms. The van der Waals surface area contributed by atoms with Crippen LogP contribution in [0.3, 0.4) is 0 Å². The van der Waals surface area contributed by atoms with E-state index in [-0.39, 0.29) is 11.8 Å². The maximum absolute atomic E-state index is 12.4. The summed E-state index contributed by atoms with van der Waals surface area (Å²) in [5.74, 6) is 0.265. The lowest BCUT2D eigenvalue weighted by atomic mass is 9.95. The molecule has 1 aliphatic heterocycles. The van der Waals surface area contributed by atoms with Crippen molar-refractivity contribution >= 4 is 50.1 Å². The molecule has 1 amide bonds. The molecule has 0 saturated carbocycles. The molecule has 1 fully saturated rings. The molecule has 3 nitrogen and oxygen atoms in total. The van der Waals surface area contributed by atoms with E-state index in [1.165, 1.54) is 9.13 Å². The molecule has 1 saturated heterocycles. The highest BCUT2D eigenvalue weighted by molar-refractivity contribution is 14.1. The van der Waals surface area contributed by atoms with E-state index in [4.69, 9.17) is 0 Å². The zero-order valence-electron chi connectivity index (χ0n) is 13.3. The van der Waals surface area contributed by atoms with Gasteiger partial charge in [-0.1, -0.05) is 28.1 Å². The lowest BCUT2D eigenvalue weighted by Gasteiger charge is -2.31. The zero-order valence-corrected chi connectivity index (χ0v) is 17.1. The van der Waals surface area contributed by atoms with Crippen molar-refractivity contribution in [1.82, 2.24) is 4.90 Å². The molecule has 0 bridgehead atoms. The highest BCUT2D eigenvalue weighted by Crippen LogP contribution is 2.22. The molecule has 2 aromatic carbocycles. The number of likely N-dealkylation sites (tertiary alicyclic amines) is 1. The Morgan fingerprint density at radius 2 is 1.88 bits per heavy atom. The minimum atomic E-state index is 0.114. The van der Waals surface area contributed by atoms with Crippen LogP contribution in [0.4, 0.5) is 5.69 Å². The van der Waals surface area contributed by atoms with E-state index in [1.807, 2.05) is 30.3 Å². The first-order valence-electron chi connectivity index (χ1n) is 8.13. The molecular formula is C19H20BrIN2O. The summed E-state index contributed by atoms with van der Waals surface area (Å²) in [4.78, 5) is 14.9. The van der Waals surface area contributed by atoms with Gasteiger partial charge in [0, 0.05) is 26.2 Å². The number of benzene rings is 2. The first-order valence-corrected chi connectivity index (χ1v) is 10.0. The summed E-state index contributed by atoms with van der Waals surface area (Å²) in [6, 6.07) is 16.4. The number of amides is 1. The van der Waals surface area contributed by atoms with Crippen LogP contribution in [0.25, 0.3) is 0 Å². The third-order valence-electron chi connectivity index (χ3n) is 4.37. The molecule has 5 heteroatoms. The number of halogens is 2. The highest BCUT2D eigenvalue weighted by atomic mass is 127. The van der Waals surface area contributed by atoms with Gasteiger partial charge in [-0.15, -0.1) is 0 Å². The summed E-state index contributed by atoms with van der Waals surface area (Å²) < 4.78 is 2.29. The number of piperidine rings is 1. The Morgan fingerprint density at radius 1 is 1.17 bits per heavy atom. The molecule has 0 radical (unpaired) electrons. The smallest absolute Gasteiger partial charge is 0.227 e. The number of nitrogens with one attached hydrogen (secondary N) is 1. The van der Waals surface area contributed by atoms with Crippen LogP contribution in [0.15, 0.2) is 53.0 Å². The van der Waals surface area contributed by atoms with Crippen molar-refractivity contribution in [2.75, 3.05) is 18.4 Å². The summed E-state index contributed by atoms with van der Waals surface area (Å²) in [5, 5.41) is 3.04. The number of anilines is 1. The van der Waals surface area contributed by atoms with Crippen LogP contribution >= 0.6 is 38.5 Å². The van der Waals surface area contributed by atoms with Crippen LogP contribution in [0, 0.1) is 9.49 Å². The number of nitrogens with zero attached hydrogens (tertiary/aromatic N) is 1. The maximum atomic E-state index is 12.4. The standard InChI is InChI=1S/C19H20BrIN2O/c20-16-3-1-2-14(12-16)13-23-10-8-15(9-11-23)19(24)22-18-6-4-17(21)5-7-18/h1-7,12,15H,8-11,13H2,(H,22,24). The Bertz CT molecular complexity index is 697. The average molecular weight is 499 g/mol. The highest BCUT2D eigenvalue weighted by Gasteiger charge is 2.25.